The van der Waals surface area contributed by atoms with E-state index in [4.69, 9.17) is 0 Å². The van der Waals surface area contributed by atoms with Crippen LogP contribution >= 0.6 is 0 Å². The van der Waals surface area contributed by atoms with Gasteiger partial charge in [0.05, 0.1) is 0 Å². The number of hydrogen-bond acceptors (Lipinski definition) is 3. The molecule has 0 aliphatic heterocycles. The van der Waals surface area contributed by atoms with E-state index in [9.17, 15) is 8.42 Å². The molecule has 74 valence electrons. The molecule has 0 aromatic carbocycles. The highest BCUT2D eigenvalue weighted by Crippen LogP contribution is 1.88. The van der Waals surface area contributed by atoms with Crippen molar-refractivity contribution in [3.63, 3.8) is 0 Å². The van der Waals surface area contributed by atoms with Crippen molar-refractivity contribution in [3.05, 3.63) is 0 Å². The van der Waals surface area contributed by atoms with Crippen LogP contribution in [0.5, 0.6) is 0 Å². The van der Waals surface area contributed by atoms with Crippen molar-refractivity contribution in [3.8, 4) is 0 Å². The summed E-state index contributed by atoms with van der Waals surface area (Å²) in [5, 5.41) is 2.93. The molecule has 1 atom stereocenters. The van der Waals surface area contributed by atoms with Gasteiger partial charge in [-0.25, -0.2) is 4.72 Å². The van der Waals surface area contributed by atoms with E-state index in [-0.39, 0.29) is 6.04 Å². The minimum Gasteiger partial charge on any atom is -0.316 e. The number of rotatable bonds is 5. The van der Waals surface area contributed by atoms with Crippen LogP contribution in [0.1, 0.15) is 6.92 Å². The van der Waals surface area contributed by atoms with Gasteiger partial charge in [-0.15, -0.1) is 0 Å². The van der Waals surface area contributed by atoms with Crippen LogP contribution in [0.3, 0.4) is 0 Å². The third-order valence-electron chi connectivity index (χ3n) is 1.55. The normalized spacial score (nSPS) is 15.1. The Balaban J connectivity index is 3.94. The summed E-state index contributed by atoms with van der Waals surface area (Å²) in [6, 6.07) is 0.139. The second-order valence-corrected chi connectivity index (χ2v) is 4.79. The maximum atomic E-state index is 11.1. The van der Waals surface area contributed by atoms with Crippen LogP contribution in [0.4, 0.5) is 0 Å². The van der Waals surface area contributed by atoms with Crippen molar-refractivity contribution < 1.29 is 8.42 Å². The smallest absolute Gasteiger partial charge is 0.278 e. The molecule has 6 heteroatoms. The van der Waals surface area contributed by atoms with Gasteiger partial charge in [0.2, 0.25) is 0 Å². The summed E-state index contributed by atoms with van der Waals surface area (Å²) in [5.74, 6) is 0. The summed E-state index contributed by atoms with van der Waals surface area (Å²) in [6.07, 6.45) is 0. The molecule has 0 rings (SSSR count). The first-order chi connectivity index (χ1) is 5.40. The van der Waals surface area contributed by atoms with Crippen LogP contribution in [0.25, 0.3) is 0 Å². The van der Waals surface area contributed by atoms with E-state index in [1.165, 1.54) is 14.1 Å². The van der Waals surface area contributed by atoms with Gasteiger partial charge in [0.1, 0.15) is 0 Å². The Kier molecular flexibility index (Phi) is 4.69. The highest BCUT2D eigenvalue weighted by atomic mass is 32.2. The Morgan fingerprint density at radius 2 is 1.92 bits per heavy atom. The molecule has 0 fully saturated rings. The van der Waals surface area contributed by atoms with Crippen LogP contribution < -0.4 is 10.0 Å². The van der Waals surface area contributed by atoms with Crippen molar-refractivity contribution in [1.82, 2.24) is 14.3 Å². The highest BCUT2D eigenvalue weighted by Gasteiger charge is 2.12. The van der Waals surface area contributed by atoms with Gasteiger partial charge in [-0.2, -0.15) is 12.7 Å². The second kappa shape index (κ2) is 4.76. The van der Waals surface area contributed by atoms with E-state index in [0.29, 0.717) is 6.54 Å². The van der Waals surface area contributed by atoms with Crippen molar-refractivity contribution in [2.45, 2.75) is 13.0 Å². The first-order valence-corrected chi connectivity index (χ1v) is 5.18. The molecule has 0 amide bonds. The van der Waals surface area contributed by atoms with Gasteiger partial charge in [-0.3, -0.25) is 0 Å². The van der Waals surface area contributed by atoms with E-state index in [1.54, 1.807) is 7.05 Å². The van der Waals surface area contributed by atoms with Gasteiger partial charge in [0.15, 0.2) is 0 Å². The standard InChI is InChI=1S/C6H17N3O2S/c1-6(7-2)5-8-12(10,11)9(3)4/h6-8H,5H2,1-4H3. The Bertz CT molecular complexity index is 213. The molecule has 0 heterocycles. The average Bonchev–Trinajstić information content (AvgIpc) is 2.00. The maximum absolute atomic E-state index is 11.1. The van der Waals surface area contributed by atoms with Crippen molar-refractivity contribution in [2.75, 3.05) is 27.7 Å². The Labute approximate surface area is 74.3 Å². The van der Waals surface area contributed by atoms with E-state index < -0.39 is 10.2 Å². The van der Waals surface area contributed by atoms with Gasteiger partial charge < -0.3 is 5.32 Å². The minimum absolute atomic E-state index is 0.139. The number of nitrogens with zero attached hydrogens (tertiary/aromatic N) is 1. The molecule has 0 saturated carbocycles. The maximum Gasteiger partial charge on any atom is 0.278 e. The molecular formula is C6H17N3O2S. The van der Waals surface area contributed by atoms with Crippen molar-refractivity contribution in [1.29, 1.82) is 0 Å². The first-order valence-electron chi connectivity index (χ1n) is 3.74. The van der Waals surface area contributed by atoms with Crippen LogP contribution in [0.15, 0.2) is 0 Å². The van der Waals surface area contributed by atoms with Gasteiger partial charge in [0, 0.05) is 26.7 Å². The third-order valence-corrected chi connectivity index (χ3v) is 3.04. The highest BCUT2D eigenvalue weighted by molar-refractivity contribution is 7.87. The minimum atomic E-state index is -3.26. The lowest BCUT2D eigenvalue weighted by Gasteiger charge is -2.15. The van der Waals surface area contributed by atoms with Gasteiger partial charge >= 0.3 is 0 Å². The lowest BCUT2D eigenvalue weighted by atomic mass is 10.4. The Morgan fingerprint density at radius 1 is 1.42 bits per heavy atom. The largest absolute Gasteiger partial charge is 0.316 e. The summed E-state index contributed by atoms with van der Waals surface area (Å²) in [6.45, 7) is 2.30. The molecule has 0 bridgehead atoms. The molecule has 0 saturated heterocycles. The summed E-state index contributed by atoms with van der Waals surface area (Å²) < 4.78 is 25.9. The monoisotopic (exact) mass is 195 g/mol. The molecular weight excluding hydrogens is 178 g/mol. The molecule has 0 spiro atoms. The predicted molar refractivity (Wildman–Crippen MR) is 49.1 cm³/mol. The van der Waals surface area contributed by atoms with Gasteiger partial charge in [-0.1, -0.05) is 0 Å². The SMILES string of the molecule is CNC(C)CNS(=O)(=O)N(C)C. The molecule has 1 unspecified atom stereocenters. The first kappa shape index (κ1) is 11.8. The molecule has 0 aliphatic rings. The lowest BCUT2D eigenvalue weighted by molar-refractivity contribution is 0.494. The van der Waals surface area contributed by atoms with Gasteiger partial charge in [0.25, 0.3) is 10.2 Å². The number of likely N-dealkylation sites (N-methyl/N-ethyl adjacent to an activating group) is 1. The van der Waals surface area contributed by atoms with Gasteiger partial charge in [-0.05, 0) is 14.0 Å². The zero-order chi connectivity index (χ0) is 9.78. The molecule has 5 nitrogen and oxygen atoms in total. The van der Waals surface area contributed by atoms with E-state index in [0.717, 1.165) is 4.31 Å². The Hall–Kier alpha value is -0.170. The zero-order valence-electron chi connectivity index (χ0n) is 7.96. The van der Waals surface area contributed by atoms with E-state index in [2.05, 4.69) is 10.0 Å². The quantitative estimate of drug-likeness (QED) is 0.591. The second-order valence-electron chi connectivity index (χ2n) is 2.83. The number of hydrogen-bond donors (Lipinski definition) is 2. The fraction of sp³-hybridized carbons (Fsp3) is 1.00. The lowest BCUT2D eigenvalue weighted by Crippen LogP contribution is -2.42. The fourth-order valence-electron chi connectivity index (χ4n) is 0.461. The summed E-state index contributed by atoms with van der Waals surface area (Å²) in [7, 11) is 1.51. The summed E-state index contributed by atoms with van der Waals surface area (Å²) >= 11 is 0. The number of nitrogens with one attached hydrogen (secondary N) is 2. The van der Waals surface area contributed by atoms with Crippen LogP contribution in [-0.4, -0.2) is 46.5 Å². The van der Waals surface area contributed by atoms with Crippen molar-refractivity contribution in [2.24, 2.45) is 0 Å². The molecule has 0 aromatic rings. The van der Waals surface area contributed by atoms with Crippen molar-refractivity contribution >= 4 is 10.2 Å². The fourth-order valence-corrected chi connectivity index (χ4v) is 1.18. The third kappa shape index (κ3) is 4.01. The van der Waals surface area contributed by atoms with Crippen LogP contribution in [0, 0.1) is 0 Å². The molecule has 0 aliphatic carbocycles. The van der Waals surface area contributed by atoms with Crippen LogP contribution in [0.2, 0.25) is 0 Å². The summed E-state index contributed by atoms with van der Waals surface area (Å²) in [5.41, 5.74) is 0. The van der Waals surface area contributed by atoms with E-state index in [1.807, 2.05) is 6.92 Å². The molecule has 2 N–H and O–H groups in total. The Morgan fingerprint density at radius 3 is 2.25 bits per heavy atom. The molecule has 0 radical (unpaired) electrons. The molecule has 0 aromatic heterocycles. The molecule has 12 heavy (non-hydrogen) atoms. The topological polar surface area (TPSA) is 61.4 Å². The summed E-state index contributed by atoms with van der Waals surface area (Å²) in [4.78, 5) is 0. The van der Waals surface area contributed by atoms with Crippen LogP contribution in [-0.2, 0) is 10.2 Å². The average molecular weight is 195 g/mol. The zero-order valence-corrected chi connectivity index (χ0v) is 8.77. The predicted octanol–water partition coefficient (Wildman–Crippen LogP) is -1.01. The van der Waals surface area contributed by atoms with E-state index >= 15 is 0 Å².